The summed E-state index contributed by atoms with van der Waals surface area (Å²) < 4.78 is 0. The van der Waals surface area contributed by atoms with Gasteiger partial charge in [-0.05, 0) is 56.5 Å². The highest BCUT2D eigenvalue weighted by atomic mass is 16.3. The van der Waals surface area contributed by atoms with Gasteiger partial charge in [-0.25, -0.2) is 0 Å². The van der Waals surface area contributed by atoms with Gasteiger partial charge in [-0.1, -0.05) is 30.3 Å². The molecule has 2 aromatic carbocycles. The number of anilines is 2. The Balaban J connectivity index is 1.56. The first-order valence-electron chi connectivity index (χ1n) is 14.0. The van der Waals surface area contributed by atoms with Gasteiger partial charge < -0.3 is 26.2 Å². The molecule has 3 unspecified atom stereocenters. The van der Waals surface area contributed by atoms with E-state index in [0.29, 0.717) is 29.9 Å². The van der Waals surface area contributed by atoms with Crippen molar-refractivity contribution in [1.82, 2.24) is 4.90 Å². The lowest BCUT2D eigenvalue weighted by Gasteiger charge is -2.52. The number of nitrogens with zero attached hydrogens (tertiary/aromatic N) is 2. The van der Waals surface area contributed by atoms with Crippen LogP contribution in [0.25, 0.3) is 0 Å². The van der Waals surface area contributed by atoms with Crippen LogP contribution in [0.15, 0.2) is 36.4 Å². The number of hydrogen-bond acceptors (Lipinski definition) is 10. The highest BCUT2D eigenvalue weighted by molar-refractivity contribution is 6.32. The zero-order chi connectivity index (χ0) is 30.7. The third-order valence-corrected chi connectivity index (χ3v) is 9.09. The Morgan fingerprint density at radius 2 is 1.74 bits per heavy atom. The van der Waals surface area contributed by atoms with Gasteiger partial charge in [0.1, 0.15) is 5.75 Å². The first kappa shape index (κ1) is 29.4. The van der Waals surface area contributed by atoms with Gasteiger partial charge in [0.05, 0.1) is 23.2 Å². The lowest BCUT2D eigenvalue weighted by molar-refractivity contribution is -0.181. The molecule has 0 heterocycles. The van der Waals surface area contributed by atoms with Crippen LogP contribution in [0.4, 0.5) is 11.4 Å². The van der Waals surface area contributed by atoms with Crippen molar-refractivity contribution in [1.29, 1.82) is 0 Å². The summed E-state index contributed by atoms with van der Waals surface area (Å²) in [6, 6.07) is 10.4. The number of aromatic hydroxyl groups is 1. The fourth-order valence-corrected chi connectivity index (χ4v) is 7.17. The standard InChI is InChI=1S/C31H36N4O7/c1-34(2)20-14-19(33-11-10-15-8-6-5-7-9-15)25(36)22-17(20)12-16-13-18-24(35(3)4)27(38)23(30(32)41)29(40)31(18,42)28(39)21(16)26(22)37/h5-9,14,16,18,21,23-24,33,36,42H,10-13H2,1-4H3,(H2,32,41)/t16-,18-,21?,23?,24?,31-/m1/s1. The lowest BCUT2D eigenvalue weighted by Crippen LogP contribution is -2.74. The number of phenols is 1. The fraction of sp³-hybridized carbons (Fsp3) is 0.452. The van der Waals surface area contributed by atoms with Gasteiger partial charge in [-0.15, -0.1) is 0 Å². The highest BCUT2D eigenvalue weighted by Crippen LogP contribution is 2.52. The van der Waals surface area contributed by atoms with Gasteiger partial charge in [0.15, 0.2) is 34.7 Å². The van der Waals surface area contributed by atoms with E-state index in [2.05, 4.69) is 5.32 Å². The average molecular weight is 577 g/mol. The van der Waals surface area contributed by atoms with E-state index in [-0.39, 0.29) is 24.2 Å². The van der Waals surface area contributed by atoms with E-state index < -0.39 is 64.4 Å². The van der Waals surface area contributed by atoms with E-state index in [1.54, 1.807) is 20.2 Å². The number of ketones is 4. The third kappa shape index (κ3) is 4.38. The van der Waals surface area contributed by atoms with Crippen molar-refractivity contribution in [2.75, 3.05) is 45.0 Å². The number of aliphatic hydroxyl groups is 1. The zero-order valence-corrected chi connectivity index (χ0v) is 24.1. The molecule has 2 saturated carbocycles. The molecule has 11 nitrogen and oxygen atoms in total. The number of nitrogens with two attached hydrogens (primary N) is 1. The van der Waals surface area contributed by atoms with Crippen LogP contribution >= 0.6 is 0 Å². The molecule has 0 aliphatic heterocycles. The molecule has 5 N–H and O–H groups in total. The number of nitrogens with one attached hydrogen (secondary N) is 1. The molecule has 3 aliphatic carbocycles. The smallest absolute Gasteiger partial charge is 0.235 e. The monoisotopic (exact) mass is 576 g/mol. The molecule has 0 aromatic heterocycles. The number of fused-ring (bicyclic) bond motifs is 3. The maximum Gasteiger partial charge on any atom is 0.235 e. The number of primary amides is 1. The first-order valence-corrected chi connectivity index (χ1v) is 14.0. The first-order chi connectivity index (χ1) is 19.8. The summed E-state index contributed by atoms with van der Waals surface area (Å²) in [6.07, 6.45) is 0.876. The van der Waals surface area contributed by atoms with Crippen molar-refractivity contribution in [2.24, 2.45) is 29.4 Å². The van der Waals surface area contributed by atoms with Gasteiger partial charge in [0.25, 0.3) is 0 Å². The van der Waals surface area contributed by atoms with E-state index >= 15 is 0 Å². The average Bonchev–Trinajstić information content (AvgIpc) is 2.92. The van der Waals surface area contributed by atoms with Crippen molar-refractivity contribution in [3.8, 4) is 5.75 Å². The van der Waals surface area contributed by atoms with Gasteiger partial charge in [0, 0.05) is 32.2 Å². The van der Waals surface area contributed by atoms with Crippen LogP contribution in [0.5, 0.6) is 5.75 Å². The van der Waals surface area contributed by atoms with Crippen molar-refractivity contribution in [3.63, 3.8) is 0 Å². The maximum absolute atomic E-state index is 14.1. The van der Waals surface area contributed by atoms with Gasteiger partial charge in [-0.3, -0.25) is 28.9 Å². The number of benzene rings is 2. The van der Waals surface area contributed by atoms with E-state index in [1.807, 2.05) is 49.3 Å². The second-order valence-corrected chi connectivity index (χ2v) is 12.0. The molecule has 0 saturated heterocycles. The summed E-state index contributed by atoms with van der Waals surface area (Å²) in [6.45, 7) is 0.465. The summed E-state index contributed by atoms with van der Waals surface area (Å²) in [5.41, 5.74) is 5.25. The minimum Gasteiger partial charge on any atom is -0.505 e. The SMILES string of the molecule is CN(C)c1cc(NCCc2ccccc2)c(O)c2c1C[C@@H]1C[C@@H]3C(N(C)C)C(=O)C(C(N)=O)C(=O)[C@]3(O)C(=O)C1C2=O. The largest absolute Gasteiger partial charge is 0.505 e. The minimum absolute atomic E-state index is 0.00853. The second kappa shape index (κ2) is 10.6. The van der Waals surface area contributed by atoms with Crippen molar-refractivity contribution < 1.29 is 34.2 Å². The number of carbonyl (C=O) groups excluding carboxylic acids is 5. The molecule has 6 atom stereocenters. The molecule has 0 spiro atoms. The molecular weight excluding hydrogens is 540 g/mol. The predicted molar refractivity (Wildman–Crippen MR) is 154 cm³/mol. The van der Waals surface area contributed by atoms with Gasteiger partial charge >= 0.3 is 0 Å². The summed E-state index contributed by atoms with van der Waals surface area (Å²) in [5.74, 6) is -10.6. The van der Waals surface area contributed by atoms with Crippen LogP contribution in [0.3, 0.4) is 0 Å². The Morgan fingerprint density at radius 3 is 2.33 bits per heavy atom. The third-order valence-electron chi connectivity index (χ3n) is 9.09. The van der Waals surface area contributed by atoms with Crippen LogP contribution in [-0.2, 0) is 32.0 Å². The number of rotatable bonds is 7. The molecule has 2 fully saturated rings. The Morgan fingerprint density at radius 1 is 1.07 bits per heavy atom. The summed E-state index contributed by atoms with van der Waals surface area (Å²) in [7, 11) is 6.74. The normalized spacial score (nSPS) is 28.7. The molecule has 42 heavy (non-hydrogen) atoms. The molecule has 2 aromatic rings. The van der Waals surface area contributed by atoms with Crippen LogP contribution in [0.1, 0.15) is 27.9 Å². The van der Waals surface area contributed by atoms with Crippen LogP contribution in [-0.4, -0.2) is 90.5 Å². The molecular formula is C31H36N4O7. The lowest BCUT2D eigenvalue weighted by atomic mass is 9.52. The minimum atomic E-state index is -2.75. The van der Waals surface area contributed by atoms with Crippen molar-refractivity contribution >= 4 is 40.4 Å². The van der Waals surface area contributed by atoms with Crippen LogP contribution in [0.2, 0.25) is 0 Å². The fourth-order valence-electron chi connectivity index (χ4n) is 7.17. The molecule has 11 heteroatoms. The van der Waals surface area contributed by atoms with Gasteiger partial charge in [0.2, 0.25) is 5.91 Å². The topological polar surface area (TPSA) is 170 Å². The second-order valence-electron chi connectivity index (χ2n) is 12.0. The Kier molecular flexibility index (Phi) is 7.44. The van der Waals surface area contributed by atoms with E-state index in [1.165, 1.54) is 4.90 Å². The quantitative estimate of drug-likeness (QED) is 0.270. The highest BCUT2D eigenvalue weighted by Gasteiger charge is 2.69. The summed E-state index contributed by atoms with van der Waals surface area (Å²) >= 11 is 0. The molecule has 3 aliphatic rings. The number of carbonyl (C=O) groups is 5. The maximum atomic E-state index is 14.1. The molecule has 5 rings (SSSR count). The van der Waals surface area contributed by atoms with Gasteiger partial charge in [-0.2, -0.15) is 0 Å². The molecule has 222 valence electrons. The van der Waals surface area contributed by atoms with E-state index in [4.69, 9.17) is 5.73 Å². The van der Waals surface area contributed by atoms with E-state index in [9.17, 15) is 34.2 Å². The predicted octanol–water partition coefficient (Wildman–Crippen LogP) is 0.588. The van der Waals surface area contributed by atoms with Crippen molar-refractivity contribution in [2.45, 2.75) is 30.9 Å². The summed E-state index contributed by atoms with van der Waals surface area (Å²) in [4.78, 5) is 70.3. The van der Waals surface area contributed by atoms with Crippen LogP contribution in [0, 0.1) is 23.7 Å². The number of hydrogen-bond donors (Lipinski definition) is 4. The number of Topliss-reactive ketones (excluding diaryl/α,β-unsaturated/α-hetero) is 4. The Hall–Kier alpha value is -4.09. The Bertz CT molecular complexity index is 1490. The molecule has 0 radical (unpaired) electrons. The summed E-state index contributed by atoms with van der Waals surface area (Å²) in [5, 5.41) is 26.3. The van der Waals surface area contributed by atoms with Crippen molar-refractivity contribution in [3.05, 3.63) is 53.1 Å². The number of likely N-dealkylation sites (N-methyl/N-ethyl adjacent to an activating group) is 1. The van der Waals surface area contributed by atoms with Crippen LogP contribution < -0.4 is 16.0 Å². The number of amides is 1. The molecule has 1 amide bonds. The zero-order valence-electron chi connectivity index (χ0n) is 24.1. The number of phenolic OH excluding ortho intramolecular Hbond substituents is 1. The molecule has 0 bridgehead atoms. The van der Waals surface area contributed by atoms with E-state index in [0.717, 1.165) is 5.56 Å². The Labute approximate surface area is 243 Å².